The smallest absolute Gasteiger partial charge is 0.245 e. The average Bonchev–Trinajstić information content (AvgIpc) is 3.02. The average molecular weight is 349 g/mol. The Labute approximate surface area is 121 Å². The lowest BCUT2D eigenvalue weighted by molar-refractivity contribution is 0.390. The third-order valence-corrected chi connectivity index (χ3v) is 6.59. The van der Waals surface area contributed by atoms with Crippen molar-refractivity contribution in [1.82, 2.24) is 4.72 Å². The van der Waals surface area contributed by atoms with E-state index in [2.05, 4.69) is 20.7 Å². The standard InChI is InChI=1S/C12H17BrN2O3S/c13-12-11(5-9(6-14)18-12)19(16,17)15-10-4-7-1-2-8(10)3-7/h5,7-8,10,15H,1-4,6,14H2. The van der Waals surface area contributed by atoms with Crippen LogP contribution < -0.4 is 10.5 Å². The van der Waals surface area contributed by atoms with Gasteiger partial charge in [0.05, 0.1) is 6.54 Å². The number of hydrogen-bond donors (Lipinski definition) is 2. The molecule has 3 atom stereocenters. The van der Waals surface area contributed by atoms with Gasteiger partial charge in [0, 0.05) is 12.1 Å². The second kappa shape index (κ2) is 4.87. The molecule has 3 N–H and O–H groups in total. The molecule has 3 rings (SSSR count). The fourth-order valence-electron chi connectivity index (χ4n) is 3.33. The molecule has 0 aliphatic heterocycles. The molecule has 0 amide bonds. The van der Waals surface area contributed by atoms with Gasteiger partial charge < -0.3 is 10.2 Å². The number of sulfonamides is 1. The Bertz CT molecular complexity index is 584. The van der Waals surface area contributed by atoms with Gasteiger partial charge in [-0.1, -0.05) is 6.42 Å². The molecule has 2 bridgehead atoms. The third-order valence-electron chi connectivity index (χ3n) is 4.24. The van der Waals surface area contributed by atoms with Crippen molar-refractivity contribution in [3.05, 3.63) is 16.5 Å². The minimum Gasteiger partial charge on any atom is -0.452 e. The first-order chi connectivity index (χ1) is 8.99. The maximum atomic E-state index is 12.4. The summed E-state index contributed by atoms with van der Waals surface area (Å²) >= 11 is 3.14. The molecule has 1 aromatic rings. The van der Waals surface area contributed by atoms with Crippen LogP contribution in [-0.2, 0) is 16.6 Å². The van der Waals surface area contributed by atoms with E-state index in [0.717, 1.165) is 19.3 Å². The number of halogens is 1. The molecular formula is C12H17BrN2O3S. The van der Waals surface area contributed by atoms with Crippen LogP contribution in [0.25, 0.3) is 0 Å². The molecule has 2 saturated carbocycles. The zero-order valence-corrected chi connectivity index (χ0v) is 12.8. The topological polar surface area (TPSA) is 85.3 Å². The van der Waals surface area contributed by atoms with Crippen molar-refractivity contribution in [1.29, 1.82) is 0 Å². The summed E-state index contributed by atoms with van der Waals surface area (Å²) in [5.41, 5.74) is 5.46. The van der Waals surface area contributed by atoms with Crippen molar-refractivity contribution in [2.75, 3.05) is 0 Å². The van der Waals surface area contributed by atoms with E-state index in [1.165, 1.54) is 12.5 Å². The highest BCUT2D eigenvalue weighted by Crippen LogP contribution is 2.45. The number of hydrogen-bond acceptors (Lipinski definition) is 4. The molecule has 1 aromatic heterocycles. The molecule has 7 heteroatoms. The maximum absolute atomic E-state index is 12.4. The van der Waals surface area contributed by atoms with Crippen molar-refractivity contribution >= 4 is 26.0 Å². The zero-order valence-electron chi connectivity index (χ0n) is 10.4. The van der Waals surface area contributed by atoms with E-state index >= 15 is 0 Å². The van der Waals surface area contributed by atoms with Gasteiger partial charge in [-0.25, -0.2) is 13.1 Å². The van der Waals surface area contributed by atoms with Crippen molar-refractivity contribution in [3.63, 3.8) is 0 Å². The van der Waals surface area contributed by atoms with E-state index in [1.807, 2.05) is 0 Å². The fourth-order valence-corrected chi connectivity index (χ4v) is 5.65. The molecular weight excluding hydrogens is 332 g/mol. The highest BCUT2D eigenvalue weighted by Gasteiger charge is 2.41. The van der Waals surface area contributed by atoms with Crippen LogP contribution in [-0.4, -0.2) is 14.5 Å². The Hall–Kier alpha value is -0.370. The molecule has 106 valence electrons. The number of furan rings is 1. The first-order valence-corrected chi connectivity index (χ1v) is 8.78. The van der Waals surface area contributed by atoms with Gasteiger partial charge in [0.1, 0.15) is 10.7 Å². The fraction of sp³-hybridized carbons (Fsp3) is 0.667. The van der Waals surface area contributed by atoms with Gasteiger partial charge in [-0.15, -0.1) is 0 Å². The Kier molecular flexibility index (Phi) is 3.49. The summed E-state index contributed by atoms with van der Waals surface area (Å²) in [5.74, 6) is 1.66. The first kappa shape index (κ1) is 13.6. The minimum absolute atomic E-state index is 0.0758. The summed E-state index contributed by atoms with van der Waals surface area (Å²) < 4.78 is 33.0. The van der Waals surface area contributed by atoms with Gasteiger partial charge in [-0.3, -0.25) is 0 Å². The summed E-state index contributed by atoms with van der Waals surface area (Å²) in [6, 6.07) is 1.56. The van der Waals surface area contributed by atoms with Gasteiger partial charge >= 0.3 is 0 Å². The summed E-state index contributed by atoms with van der Waals surface area (Å²) in [6.07, 6.45) is 4.50. The molecule has 2 aliphatic rings. The van der Waals surface area contributed by atoms with Gasteiger partial charge in [-0.2, -0.15) is 0 Å². The van der Waals surface area contributed by atoms with E-state index in [9.17, 15) is 8.42 Å². The van der Waals surface area contributed by atoms with Crippen LogP contribution in [0.5, 0.6) is 0 Å². The first-order valence-electron chi connectivity index (χ1n) is 6.50. The van der Waals surface area contributed by atoms with E-state index in [-0.39, 0.29) is 22.2 Å². The Balaban J connectivity index is 1.80. The van der Waals surface area contributed by atoms with Crippen molar-refractivity contribution < 1.29 is 12.8 Å². The minimum atomic E-state index is -3.53. The molecule has 3 unspecified atom stereocenters. The summed E-state index contributed by atoms with van der Waals surface area (Å²) in [4.78, 5) is 0.149. The largest absolute Gasteiger partial charge is 0.452 e. The Morgan fingerprint density at radius 1 is 1.42 bits per heavy atom. The molecule has 1 heterocycles. The van der Waals surface area contributed by atoms with Crippen molar-refractivity contribution in [3.8, 4) is 0 Å². The van der Waals surface area contributed by atoms with Crippen LogP contribution in [0.4, 0.5) is 0 Å². The Morgan fingerprint density at radius 2 is 2.21 bits per heavy atom. The highest BCUT2D eigenvalue weighted by atomic mass is 79.9. The molecule has 0 saturated heterocycles. The monoisotopic (exact) mass is 348 g/mol. The number of nitrogens with two attached hydrogens (primary N) is 1. The SMILES string of the molecule is NCc1cc(S(=O)(=O)NC2CC3CCC2C3)c(Br)o1. The van der Waals surface area contributed by atoms with Gasteiger partial charge in [0.25, 0.3) is 0 Å². The molecule has 2 aliphatic carbocycles. The lowest BCUT2D eigenvalue weighted by Crippen LogP contribution is -2.38. The van der Waals surface area contributed by atoms with E-state index in [1.54, 1.807) is 0 Å². The lowest BCUT2D eigenvalue weighted by atomic mass is 9.96. The van der Waals surface area contributed by atoms with E-state index in [4.69, 9.17) is 10.2 Å². The van der Waals surface area contributed by atoms with Gasteiger partial charge in [0.2, 0.25) is 10.0 Å². The summed E-state index contributed by atoms with van der Waals surface area (Å²) in [6.45, 7) is 0.183. The van der Waals surface area contributed by atoms with E-state index < -0.39 is 10.0 Å². The molecule has 0 aromatic carbocycles. The molecule has 19 heavy (non-hydrogen) atoms. The lowest BCUT2D eigenvalue weighted by Gasteiger charge is -2.22. The number of rotatable bonds is 4. The molecule has 5 nitrogen and oxygen atoms in total. The van der Waals surface area contributed by atoms with Crippen LogP contribution in [0.2, 0.25) is 0 Å². The van der Waals surface area contributed by atoms with Gasteiger partial charge in [-0.05, 0) is 47.0 Å². The second-order valence-corrected chi connectivity index (χ2v) is 7.86. The molecule has 0 spiro atoms. The van der Waals surface area contributed by atoms with Gasteiger partial charge in [0.15, 0.2) is 4.67 Å². The van der Waals surface area contributed by atoms with Crippen molar-refractivity contribution in [2.24, 2.45) is 17.6 Å². The number of fused-ring (bicyclic) bond motifs is 2. The molecule has 0 radical (unpaired) electrons. The van der Waals surface area contributed by atoms with E-state index in [0.29, 0.717) is 17.6 Å². The predicted octanol–water partition coefficient (Wildman–Crippen LogP) is 1.97. The predicted molar refractivity (Wildman–Crippen MR) is 73.9 cm³/mol. The van der Waals surface area contributed by atoms with Crippen LogP contribution in [0.1, 0.15) is 31.4 Å². The van der Waals surface area contributed by atoms with Crippen molar-refractivity contribution in [2.45, 2.75) is 43.2 Å². The summed E-state index contributed by atoms with van der Waals surface area (Å²) in [5, 5.41) is 0. The number of nitrogens with one attached hydrogen (secondary N) is 1. The zero-order chi connectivity index (χ0) is 13.6. The highest BCUT2D eigenvalue weighted by molar-refractivity contribution is 9.10. The maximum Gasteiger partial charge on any atom is 0.245 e. The second-order valence-electron chi connectivity index (χ2n) is 5.46. The third kappa shape index (κ3) is 2.49. The van der Waals surface area contributed by atoms with Crippen LogP contribution >= 0.6 is 15.9 Å². The van der Waals surface area contributed by atoms with Crippen LogP contribution in [0, 0.1) is 11.8 Å². The quantitative estimate of drug-likeness (QED) is 0.870. The van der Waals surface area contributed by atoms with Crippen LogP contribution in [0.15, 0.2) is 20.0 Å². The normalized spacial score (nSPS) is 30.1. The Morgan fingerprint density at radius 3 is 2.74 bits per heavy atom. The molecule has 2 fully saturated rings. The summed E-state index contributed by atoms with van der Waals surface area (Å²) in [7, 11) is -3.53. The van der Waals surface area contributed by atoms with Crippen LogP contribution in [0.3, 0.4) is 0 Å².